The molecule has 0 bridgehead atoms. The first kappa shape index (κ1) is 19.9. The number of nitrogens with one attached hydrogen (secondary N) is 1. The number of anilines is 1. The molecule has 1 saturated heterocycles. The largest absolute Gasteiger partial charge is 0.353 e. The molecule has 2 aromatic heterocycles. The topological polar surface area (TPSA) is 79.2 Å². The number of carbonyl (C=O) groups is 1. The number of hydrogen-bond donors (Lipinski definition) is 1. The molecule has 152 valence electrons. The molecule has 10 heteroatoms. The molecule has 29 heavy (non-hydrogen) atoms. The second kappa shape index (κ2) is 8.52. The summed E-state index contributed by atoms with van der Waals surface area (Å²) in [5.74, 6) is 0.866. The number of aromatic nitrogens is 4. The Hall–Kier alpha value is -2.42. The van der Waals surface area contributed by atoms with Gasteiger partial charge in [-0.3, -0.25) is 14.4 Å². The molecular weight excluding hydrogens is 413 g/mol. The van der Waals surface area contributed by atoms with E-state index < -0.39 is 0 Å². The molecule has 3 aromatic rings. The van der Waals surface area contributed by atoms with E-state index >= 15 is 0 Å². The van der Waals surface area contributed by atoms with Gasteiger partial charge in [-0.15, -0.1) is 0 Å². The standard InChI is InChI=1S/C19H21Cl2N7O/c1-26-18-15(10-25-26)19(24-12-23-18)28-6-4-27(5-7-28)11-17(29)22-9-13-2-3-14(20)8-16(13)21/h2-3,8,10,12H,4-7,9,11H2,1H3,(H,22,29). The van der Waals surface area contributed by atoms with Crippen molar-refractivity contribution >= 4 is 46.0 Å². The first-order valence-corrected chi connectivity index (χ1v) is 10.1. The second-order valence-electron chi connectivity index (χ2n) is 6.98. The fraction of sp³-hybridized carbons (Fsp3) is 0.368. The lowest BCUT2D eigenvalue weighted by Gasteiger charge is -2.35. The number of hydrogen-bond acceptors (Lipinski definition) is 6. The molecule has 3 heterocycles. The summed E-state index contributed by atoms with van der Waals surface area (Å²) in [5.41, 5.74) is 1.66. The maximum Gasteiger partial charge on any atom is 0.234 e. The Balaban J connectivity index is 1.30. The molecule has 1 fully saturated rings. The van der Waals surface area contributed by atoms with Crippen LogP contribution in [0.15, 0.2) is 30.7 Å². The molecule has 1 aromatic carbocycles. The summed E-state index contributed by atoms with van der Waals surface area (Å²) >= 11 is 12.1. The maximum atomic E-state index is 12.3. The summed E-state index contributed by atoms with van der Waals surface area (Å²) in [5, 5.41) is 9.27. The molecule has 1 N–H and O–H groups in total. The van der Waals surface area contributed by atoms with Crippen molar-refractivity contribution < 1.29 is 4.79 Å². The lowest BCUT2D eigenvalue weighted by atomic mass is 10.2. The van der Waals surface area contributed by atoms with Crippen LogP contribution >= 0.6 is 23.2 Å². The summed E-state index contributed by atoms with van der Waals surface area (Å²) in [7, 11) is 1.87. The fourth-order valence-corrected chi connectivity index (χ4v) is 3.91. The monoisotopic (exact) mass is 433 g/mol. The molecule has 0 radical (unpaired) electrons. The molecule has 0 atom stereocenters. The fourth-order valence-electron chi connectivity index (χ4n) is 3.44. The first-order chi connectivity index (χ1) is 14.0. The van der Waals surface area contributed by atoms with E-state index in [2.05, 4.69) is 30.2 Å². The number of rotatable bonds is 5. The second-order valence-corrected chi connectivity index (χ2v) is 7.82. The van der Waals surface area contributed by atoms with Crippen molar-refractivity contribution in [1.29, 1.82) is 0 Å². The normalized spacial score (nSPS) is 15.1. The number of amides is 1. The van der Waals surface area contributed by atoms with Crippen LogP contribution in [-0.2, 0) is 18.4 Å². The molecule has 0 spiro atoms. The van der Waals surface area contributed by atoms with Crippen molar-refractivity contribution in [3.05, 3.63) is 46.3 Å². The van der Waals surface area contributed by atoms with E-state index in [0.717, 1.165) is 48.6 Å². The summed E-state index contributed by atoms with van der Waals surface area (Å²) in [6.45, 7) is 3.87. The van der Waals surface area contributed by atoms with Crippen LogP contribution < -0.4 is 10.2 Å². The Morgan fingerprint density at radius 3 is 2.72 bits per heavy atom. The minimum absolute atomic E-state index is 0.0267. The summed E-state index contributed by atoms with van der Waals surface area (Å²) in [6.07, 6.45) is 3.37. The van der Waals surface area contributed by atoms with Gasteiger partial charge in [0.05, 0.1) is 18.1 Å². The molecule has 1 amide bonds. The van der Waals surface area contributed by atoms with Crippen LogP contribution in [-0.4, -0.2) is 63.3 Å². The Bertz CT molecular complexity index is 1030. The number of aryl methyl sites for hydroxylation is 1. The van der Waals surface area contributed by atoms with E-state index in [-0.39, 0.29) is 5.91 Å². The third-order valence-electron chi connectivity index (χ3n) is 5.04. The van der Waals surface area contributed by atoms with Crippen LogP contribution in [0, 0.1) is 0 Å². The van der Waals surface area contributed by atoms with Crippen molar-refractivity contribution in [3.8, 4) is 0 Å². The molecule has 1 aliphatic heterocycles. The summed E-state index contributed by atoms with van der Waals surface area (Å²) in [4.78, 5) is 25.4. The number of nitrogens with zero attached hydrogens (tertiary/aromatic N) is 6. The maximum absolute atomic E-state index is 12.3. The van der Waals surface area contributed by atoms with Gasteiger partial charge in [0.1, 0.15) is 12.1 Å². The highest BCUT2D eigenvalue weighted by Gasteiger charge is 2.22. The van der Waals surface area contributed by atoms with Crippen molar-refractivity contribution in [2.24, 2.45) is 7.05 Å². The number of benzene rings is 1. The van der Waals surface area contributed by atoms with Crippen LogP contribution in [0.3, 0.4) is 0 Å². The predicted octanol–water partition coefficient (Wildman–Crippen LogP) is 2.11. The Labute approximate surface area is 178 Å². The number of fused-ring (bicyclic) bond motifs is 1. The van der Waals surface area contributed by atoms with Crippen LogP contribution in [0.1, 0.15) is 5.56 Å². The van der Waals surface area contributed by atoms with Crippen LogP contribution in [0.4, 0.5) is 5.82 Å². The minimum atomic E-state index is -0.0267. The van der Waals surface area contributed by atoms with Crippen LogP contribution in [0.25, 0.3) is 11.0 Å². The molecule has 0 saturated carbocycles. The Morgan fingerprint density at radius 1 is 1.17 bits per heavy atom. The third kappa shape index (κ3) is 4.44. The van der Waals surface area contributed by atoms with Gasteiger partial charge in [0.15, 0.2) is 5.65 Å². The van der Waals surface area contributed by atoms with Gasteiger partial charge in [0.2, 0.25) is 5.91 Å². The van der Waals surface area contributed by atoms with Crippen molar-refractivity contribution in [2.45, 2.75) is 6.54 Å². The summed E-state index contributed by atoms with van der Waals surface area (Å²) < 4.78 is 1.74. The molecule has 1 aliphatic rings. The molecule has 8 nitrogen and oxygen atoms in total. The van der Waals surface area contributed by atoms with Crippen molar-refractivity contribution in [2.75, 3.05) is 37.6 Å². The van der Waals surface area contributed by atoms with E-state index in [1.807, 2.05) is 13.1 Å². The minimum Gasteiger partial charge on any atom is -0.353 e. The zero-order chi connectivity index (χ0) is 20.4. The van der Waals surface area contributed by atoms with Gasteiger partial charge >= 0.3 is 0 Å². The van der Waals surface area contributed by atoms with Crippen LogP contribution in [0.2, 0.25) is 10.0 Å². The predicted molar refractivity (Wildman–Crippen MR) is 113 cm³/mol. The average Bonchev–Trinajstić information content (AvgIpc) is 3.09. The van der Waals surface area contributed by atoms with Gasteiger partial charge in [-0.1, -0.05) is 29.3 Å². The lowest BCUT2D eigenvalue weighted by molar-refractivity contribution is -0.122. The molecule has 0 unspecified atom stereocenters. The number of halogens is 2. The quantitative estimate of drug-likeness (QED) is 0.663. The summed E-state index contributed by atoms with van der Waals surface area (Å²) in [6, 6.07) is 5.27. The van der Waals surface area contributed by atoms with Gasteiger partial charge in [-0.25, -0.2) is 9.97 Å². The lowest BCUT2D eigenvalue weighted by Crippen LogP contribution is -2.49. The van der Waals surface area contributed by atoms with E-state index in [4.69, 9.17) is 23.2 Å². The highest BCUT2D eigenvalue weighted by molar-refractivity contribution is 6.35. The van der Waals surface area contributed by atoms with E-state index in [9.17, 15) is 4.79 Å². The number of carbonyl (C=O) groups excluding carboxylic acids is 1. The number of piperazine rings is 1. The van der Waals surface area contributed by atoms with Gasteiger partial charge in [-0.05, 0) is 17.7 Å². The third-order valence-corrected chi connectivity index (χ3v) is 5.63. The Kier molecular flexibility index (Phi) is 5.84. The highest BCUT2D eigenvalue weighted by Crippen LogP contribution is 2.23. The van der Waals surface area contributed by atoms with Gasteiger partial charge in [-0.2, -0.15) is 5.10 Å². The average molecular weight is 434 g/mol. The van der Waals surface area contributed by atoms with E-state index in [1.54, 1.807) is 29.3 Å². The first-order valence-electron chi connectivity index (χ1n) is 9.32. The van der Waals surface area contributed by atoms with Gasteiger partial charge in [0.25, 0.3) is 0 Å². The highest BCUT2D eigenvalue weighted by atomic mass is 35.5. The Morgan fingerprint density at radius 2 is 1.97 bits per heavy atom. The van der Waals surface area contributed by atoms with E-state index in [0.29, 0.717) is 23.1 Å². The zero-order valence-corrected chi connectivity index (χ0v) is 17.5. The molecule has 4 rings (SSSR count). The zero-order valence-electron chi connectivity index (χ0n) is 16.0. The van der Waals surface area contributed by atoms with Gasteiger partial charge in [0, 0.05) is 49.8 Å². The smallest absolute Gasteiger partial charge is 0.234 e. The van der Waals surface area contributed by atoms with Gasteiger partial charge < -0.3 is 10.2 Å². The van der Waals surface area contributed by atoms with Crippen molar-refractivity contribution in [1.82, 2.24) is 30.0 Å². The molecule has 0 aliphatic carbocycles. The van der Waals surface area contributed by atoms with Crippen molar-refractivity contribution in [3.63, 3.8) is 0 Å². The SMILES string of the molecule is Cn1ncc2c(N3CCN(CC(=O)NCc4ccc(Cl)cc4Cl)CC3)ncnc21. The van der Waals surface area contributed by atoms with Crippen LogP contribution in [0.5, 0.6) is 0 Å². The molecular formula is C19H21Cl2N7O. The van der Waals surface area contributed by atoms with E-state index in [1.165, 1.54) is 0 Å².